The zero-order valence-corrected chi connectivity index (χ0v) is 10.8. The van der Waals surface area contributed by atoms with Crippen molar-refractivity contribution in [2.45, 2.75) is 52.0 Å². The van der Waals surface area contributed by atoms with Gasteiger partial charge >= 0.3 is 5.97 Å². The van der Waals surface area contributed by atoms with Gasteiger partial charge in [-0.2, -0.15) is 0 Å². The summed E-state index contributed by atoms with van der Waals surface area (Å²) >= 11 is 0. The average molecular weight is 245 g/mol. The molecule has 2 N–H and O–H groups in total. The third-order valence-corrected chi connectivity index (χ3v) is 2.79. The number of aliphatic carboxylic acids is 1. The van der Waals surface area contributed by atoms with Crippen LogP contribution in [0.25, 0.3) is 0 Å². The van der Waals surface area contributed by atoms with Gasteiger partial charge in [-0.25, -0.2) is 0 Å². The first kappa shape index (κ1) is 14.4. The highest BCUT2D eigenvalue weighted by atomic mass is 16.6. The molecule has 0 aliphatic carbocycles. The van der Waals surface area contributed by atoms with E-state index in [0.29, 0.717) is 6.54 Å². The Bertz CT molecular complexity index is 262. The minimum atomic E-state index is -0.938. The van der Waals surface area contributed by atoms with Crippen LogP contribution in [0.2, 0.25) is 0 Å². The number of ether oxygens (including phenoxy) is 1. The first-order chi connectivity index (χ1) is 7.78. The van der Waals surface area contributed by atoms with Crippen molar-refractivity contribution in [2.75, 3.05) is 13.1 Å². The van der Waals surface area contributed by atoms with E-state index in [1.165, 1.54) is 0 Å². The summed E-state index contributed by atoms with van der Waals surface area (Å²) in [4.78, 5) is 12.5. The lowest BCUT2D eigenvalue weighted by Crippen LogP contribution is -2.47. The molecule has 100 valence electrons. The molecule has 0 bridgehead atoms. The Morgan fingerprint density at radius 1 is 1.53 bits per heavy atom. The molecular weight excluding hydrogens is 222 g/mol. The Hall–Kier alpha value is -0.650. The van der Waals surface area contributed by atoms with Gasteiger partial charge in [0.15, 0.2) is 0 Å². The topological polar surface area (TPSA) is 70.0 Å². The van der Waals surface area contributed by atoms with Crippen molar-refractivity contribution >= 4 is 5.97 Å². The van der Waals surface area contributed by atoms with Crippen LogP contribution in [-0.2, 0) is 9.53 Å². The van der Waals surface area contributed by atoms with Crippen molar-refractivity contribution < 1.29 is 19.7 Å². The van der Waals surface area contributed by atoms with Gasteiger partial charge in [0.05, 0.1) is 5.60 Å². The average Bonchev–Trinajstić information content (AvgIpc) is 2.14. The maximum atomic E-state index is 10.7. The zero-order chi connectivity index (χ0) is 13.1. The molecule has 0 aromatic rings. The molecule has 2 atom stereocenters. The molecule has 0 aromatic carbocycles. The Morgan fingerprint density at radius 3 is 2.71 bits per heavy atom. The molecule has 1 aliphatic rings. The number of carboxylic acids is 1. The molecule has 0 saturated carbocycles. The fourth-order valence-electron chi connectivity index (χ4n) is 2.10. The molecule has 0 amide bonds. The van der Waals surface area contributed by atoms with Crippen molar-refractivity contribution in [2.24, 2.45) is 5.92 Å². The number of hydrogen-bond donors (Lipinski definition) is 2. The molecule has 1 unspecified atom stereocenters. The summed E-state index contributed by atoms with van der Waals surface area (Å²) in [7, 11) is 0. The van der Waals surface area contributed by atoms with Gasteiger partial charge in [-0.3, -0.25) is 9.69 Å². The Labute approximate surface area is 102 Å². The first-order valence-corrected chi connectivity index (χ1v) is 6.09. The van der Waals surface area contributed by atoms with Crippen molar-refractivity contribution in [3.63, 3.8) is 0 Å². The third-order valence-electron chi connectivity index (χ3n) is 2.79. The molecule has 0 radical (unpaired) electrons. The monoisotopic (exact) mass is 245 g/mol. The number of carbonyl (C=O) groups is 1. The fourth-order valence-corrected chi connectivity index (χ4v) is 2.10. The van der Waals surface area contributed by atoms with Crippen LogP contribution in [0.3, 0.4) is 0 Å². The number of nitrogens with zero attached hydrogens (tertiary/aromatic N) is 1. The van der Waals surface area contributed by atoms with Crippen LogP contribution in [0.5, 0.6) is 0 Å². The summed E-state index contributed by atoms with van der Waals surface area (Å²) in [5, 5.41) is 18.7. The third kappa shape index (κ3) is 5.48. The summed E-state index contributed by atoms with van der Waals surface area (Å²) in [5.74, 6) is -0.664. The molecule has 1 rings (SSSR count). The molecule has 0 spiro atoms. The largest absolute Gasteiger partial charge is 0.481 e. The van der Waals surface area contributed by atoms with Crippen molar-refractivity contribution in [3.05, 3.63) is 0 Å². The maximum absolute atomic E-state index is 10.7. The first-order valence-electron chi connectivity index (χ1n) is 6.09. The molecule has 0 aromatic heterocycles. The fraction of sp³-hybridized carbons (Fsp3) is 0.917. The van der Waals surface area contributed by atoms with Crippen molar-refractivity contribution in [1.29, 1.82) is 0 Å². The second-order valence-electron chi connectivity index (χ2n) is 5.66. The molecule has 5 heteroatoms. The highest BCUT2D eigenvalue weighted by molar-refractivity contribution is 5.67. The Morgan fingerprint density at radius 2 is 2.18 bits per heavy atom. The summed E-state index contributed by atoms with van der Waals surface area (Å²) in [5.41, 5.74) is -0.404. The highest BCUT2D eigenvalue weighted by Gasteiger charge is 2.28. The van der Waals surface area contributed by atoms with Crippen LogP contribution >= 0.6 is 0 Å². The number of aliphatic hydroxyl groups excluding tert-OH is 1. The summed E-state index contributed by atoms with van der Waals surface area (Å²) in [6, 6.07) is 0. The van der Waals surface area contributed by atoms with E-state index in [1.54, 1.807) is 0 Å². The van der Waals surface area contributed by atoms with E-state index in [4.69, 9.17) is 9.84 Å². The SMILES string of the molecule is CC(C)(C)OC(O)N1CCC[C@@H](CC(=O)O)C1. The van der Waals surface area contributed by atoms with Crippen LogP contribution in [-0.4, -0.2) is 46.2 Å². The summed E-state index contributed by atoms with van der Waals surface area (Å²) < 4.78 is 5.46. The van der Waals surface area contributed by atoms with Crippen molar-refractivity contribution in [3.8, 4) is 0 Å². The molecule has 17 heavy (non-hydrogen) atoms. The number of carboxylic acid groups (broad SMARTS) is 1. The molecule has 1 aliphatic heterocycles. The van der Waals surface area contributed by atoms with Gasteiger partial charge in [-0.15, -0.1) is 0 Å². The van der Waals surface area contributed by atoms with Crippen LogP contribution in [0.1, 0.15) is 40.0 Å². The maximum Gasteiger partial charge on any atom is 0.303 e. The minimum absolute atomic E-state index is 0.111. The van der Waals surface area contributed by atoms with Gasteiger partial charge in [-0.1, -0.05) is 0 Å². The second kappa shape index (κ2) is 5.80. The van der Waals surface area contributed by atoms with Gasteiger partial charge in [-0.05, 0) is 39.5 Å². The van der Waals surface area contributed by atoms with Crippen LogP contribution < -0.4 is 0 Å². The van der Waals surface area contributed by atoms with Gasteiger partial charge < -0.3 is 14.9 Å². The van der Waals surface area contributed by atoms with E-state index in [-0.39, 0.29) is 12.3 Å². The molecule has 5 nitrogen and oxygen atoms in total. The smallest absolute Gasteiger partial charge is 0.303 e. The van der Waals surface area contributed by atoms with Gasteiger partial charge in [0.2, 0.25) is 6.41 Å². The summed E-state index contributed by atoms with van der Waals surface area (Å²) in [6.07, 6.45) is 1.04. The summed E-state index contributed by atoms with van der Waals surface area (Å²) in [6.45, 7) is 7.00. The number of piperidine rings is 1. The molecule has 1 fully saturated rings. The predicted octanol–water partition coefficient (Wildman–Crippen LogP) is 1.26. The molecule has 1 heterocycles. The molecule has 1 saturated heterocycles. The quantitative estimate of drug-likeness (QED) is 0.730. The van der Waals surface area contributed by atoms with Gasteiger partial charge in [0.25, 0.3) is 0 Å². The van der Waals surface area contributed by atoms with Gasteiger partial charge in [0, 0.05) is 19.5 Å². The number of hydrogen-bond acceptors (Lipinski definition) is 4. The Balaban J connectivity index is 2.45. The standard InChI is InChI=1S/C12H23NO4/c1-12(2,3)17-11(16)13-6-4-5-9(8-13)7-10(14)15/h9,11,16H,4-8H2,1-3H3,(H,14,15)/t9-,11?/m0/s1. The van der Waals surface area contributed by atoms with Crippen molar-refractivity contribution in [1.82, 2.24) is 4.90 Å². The van der Waals surface area contributed by atoms with E-state index in [2.05, 4.69) is 0 Å². The normalized spacial score (nSPS) is 24.6. The number of rotatable bonds is 4. The van der Waals surface area contributed by atoms with Crippen LogP contribution in [0.15, 0.2) is 0 Å². The van der Waals surface area contributed by atoms with Crippen LogP contribution in [0.4, 0.5) is 0 Å². The predicted molar refractivity (Wildman–Crippen MR) is 63.4 cm³/mol. The number of aliphatic hydroxyl groups is 1. The van der Waals surface area contributed by atoms with E-state index in [9.17, 15) is 9.90 Å². The highest BCUT2D eigenvalue weighted by Crippen LogP contribution is 2.22. The minimum Gasteiger partial charge on any atom is -0.481 e. The van der Waals surface area contributed by atoms with Gasteiger partial charge in [0.1, 0.15) is 0 Å². The lowest BCUT2D eigenvalue weighted by molar-refractivity contribution is -0.245. The van der Waals surface area contributed by atoms with E-state index in [0.717, 1.165) is 19.4 Å². The van der Waals surface area contributed by atoms with E-state index < -0.39 is 18.0 Å². The van der Waals surface area contributed by atoms with E-state index >= 15 is 0 Å². The number of likely N-dealkylation sites (tertiary alicyclic amines) is 1. The lowest BCUT2D eigenvalue weighted by Gasteiger charge is -2.37. The Kier molecular flexibility index (Phi) is 4.91. The molecular formula is C12H23NO4. The van der Waals surface area contributed by atoms with Crippen LogP contribution in [0, 0.1) is 5.92 Å². The lowest BCUT2D eigenvalue weighted by atomic mass is 9.95. The van der Waals surface area contributed by atoms with E-state index in [1.807, 2.05) is 25.7 Å². The second-order valence-corrected chi connectivity index (χ2v) is 5.66. The zero-order valence-electron chi connectivity index (χ0n) is 10.8.